The number of hydrogen-bond acceptors (Lipinski definition) is 1. The van der Waals surface area contributed by atoms with Gasteiger partial charge in [-0.05, 0) is 24.1 Å². The molecule has 0 atom stereocenters. The lowest BCUT2D eigenvalue weighted by molar-refractivity contribution is 0.802. The van der Waals surface area contributed by atoms with Crippen LogP contribution < -0.4 is 0 Å². The van der Waals surface area contributed by atoms with Crippen LogP contribution in [-0.2, 0) is 5.75 Å². The number of aryl methyl sites for hydroxylation is 1. The molecule has 2 heteroatoms. The zero-order valence-corrected chi connectivity index (χ0v) is 11.6. The van der Waals surface area contributed by atoms with Crippen LogP contribution in [0.4, 0.5) is 0 Å². The van der Waals surface area contributed by atoms with Gasteiger partial charge in [0, 0.05) is 15.0 Å². The van der Waals surface area contributed by atoms with Crippen LogP contribution in [0.15, 0.2) is 22.7 Å². The molecule has 14 heavy (non-hydrogen) atoms. The van der Waals surface area contributed by atoms with Gasteiger partial charge in [0.25, 0.3) is 0 Å². The molecule has 1 aromatic carbocycles. The van der Waals surface area contributed by atoms with Crippen LogP contribution >= 0.6 is 27.7 Å². The molecule has 0 aromatic heterocycles. The van der Waals surface area contributed by atoms with Gasteiger partial charge >= 0.3 is 0 Å². The van der Waals surface area contributed by atoms with E-state index in [9.17, 15) is 0 Å². The summed E-state index contributed by atoms with van der Waals surface area (Å²) in [6.07, 6.45) is 0. The SMILES string of the molecule is Cc1ccc(CSC(C)(C)C)cc1Br. The van der Waals surface area contributed by atoms with E-state index in [1.807, 2.05) is 11.8 Å². The summed E-state index contributed by atoms with van der Waals surface area (Å²) in [5.74, 6) is 1.09. The standard InChI is InChI=1S/C12H17BrS/c1-9-5-6-10(7-11(9)13)8-14-12(2,3)4/h5-7H,8H2,1-4H3. The Morgan fingerprint density at radius 2 is 1.93 bits per heavy atom. The molecule has 0 aliphatic rings. The zero-order valence-electron chi connectivity index (χ0n) is 9.23. The van der Waals surface area contributed by atoms with Crippen LogP contribution in [0.5, 0.6) is 0 Å². The normalized spacial score (nSPS) is 11.8. The smallest absolute Gasteiger partial charge is 0.0207 e. The number of thioether (sulfide) groups is 1. The first-order chi connectivity index (χ1) is 6.38. The Morgan fingerprint density at radius 3 is 2.43 bits per heavy atom. The summed E-state index contributed by atoms with van der Waals surface area (Å²) in [5.41, 5.74) is 2.69. The van der Waals surface area contributed by atoms with Gasteiger partial charge in [0.15, 0.2) is 0 Å². The lowest BCUT2D eigenvalue weighted by Gasteiger charge is -2.17. The summed E-state index contributed by atoms with van der Waals surface area (Å²) < 4.78 is 1.56. The first-order valence-electron chi connectivity index (χ1n) is 4.77. The lowest BCUT2D eigenvalue weighted by atomic mass is 10.2. The third-order valence-corrected chi connectivity index (χ3v) is 4.11. The van der Waals surface area contributed by atoms with Gasteiger partial charge in [-0.2, -0.15) is 11.8 Å². The van der Waals surface area contributed by atoms with Crippen LogP contribution in [0, 0.1) is 6.92 Å². The highest BCUT2D eigenvalue weighted by Crippen LogP contribution is 2.28. The molecule has 0 spiro atoms. The molecule has 0 heterocycles. The van der Waals surface area contributed by atoms with Crippen molar-refractivity contribution in [1.29, 1.82) is 0 Å². The van der Waals surface area contributed by atoms with Crippen LogP contribution in [0.1, 0.15) is 31.9 Å². The van der Waals surface area contributed by atoms with Gasteiger partial charge in [-0.25, -0.2) is 0 Å². The molecular formula is C12H17BrS. The summed E-state index contributed by atoms with van der Waals surface area (Å²) >= 11 is 5.54. The second-order valence-corrected chi connectivity index (χ2v) is 7.14. The van der Waals surface area contributed by atoms with Crippen molar-refractivity contribution in [2.24, 2.45) is 0 Å². The van der Waals surface area contributed by atoms with Gasteiger partial charge in [-0.1, -0.05) is 48.8 Å². The molecule has 0 radical (unpaired) electrons. The van der Waals surface area contributed by atoms with Gasteiger partial charge in [0.05, 0.1) is 0 Å². The largest absolute Gasteiger partial charge is 0.151 e. The number of benzene rings is 1. The van der Waals surface area contributed by atoms with Crippen molar-refractivity contribution >= 4 is 27.7 Å². The van der Waals surface area contributed by atoms with E-state index in [-0.39, 0.29) is 0 Å². The Balaban J connectivity index is 2.65. The van der Waals surface area contributed by atoms with E-state index in [0.717, 1.165) is 5.75 Å². The molecule has 1 aromatic rings. The molecule has 0 fully saturated rings. The predicted octanol–water partition coefficient (Wildman–Crippen LogP) is 4.79. The summed E-state index contributed by atoms with van der Waals surface area (Å²) in [6.45, 7) is 8.87. The fraction of sp³-hybridized carbons (Fsp3) is 0.500. The second-order valence-electron chi connectivity index (χ2n) is 4.48. The topological polar surface area (TPSA) is 0 Å². The zero-order chi connectivity index (χ0) is 10.8. The molecule has 0 bridgehead atoms. The highest BCUT2D eigenvalue weighted by atomic mass is 79.9. The predicted molar refractivity (Wildman–Crippen MR) is 69.9 cm³/mol. The summed E-state index contributed by atoms with van der Waals surface area (Å²) in [4.78, 5) is 0. The monoisotopic (exact) mass is 272 g/mol. The van der Waals surface area contributed by atoms with Gasteiger partial charge in [0.1, 0.15) is 0 Å². The molecule has 1 rings (SSSR count). The minimum absolute atomic E-state index is 0.345. The molecule has 0 amide bonds. The summed E-state index contributed by atoms with van der Waals surface area (Å²) in [5, 5.41) is 0. The van der Waals surface area contributed by atoms with Crippen molar-refractivity contribution in [2.75, 3.05) is 0 Å². The third-order valence-electron chi connectivity index (χ3n) is 1.91. The van der Waals surface area contributed by atoms with Gasteiger partial charge in [0.2, 0.25) is 0 Å². The van der Waals surface area contributed by atoms with Gasteiger partial charge in [-0.3, -0.25) is 0 Å². The third kappa shape index (κ3) is 4.05. The Morgan fingerprint density at radius 1 is 1.29 bits per heavy atom. The van der Waals surface area contributed by atoms with Gasteiger partial charge in [-0.15, -0.1) is 0 Å². The molecule has 0 N–H and O–H groups in total. The maximum Gasteiger partial charge on any atom is 0.0207 e. The molecule has 78 valence electrons. The molecule has 0 saturated carbocycles. The lowest BCUT2D eigenvalue weighted by Crippen LogP contribution is -2.07. The van der Waals surface area contributed by atoms with Crippen LogP contribution in [0.3, 0.4) is 0 Å². The Labute approximate surface area is 99.6 Å². The van der Waals surface area contributed by atoms with Crippen molar-refractivity contribution in [3.63, 3.8) is 0 Å². The molecule has 0 aliphatic heterocycles. The summed E-state index contributed by atoms with van der Waals surface area (Å²) in [7, 11) is 0. The Hall–Kier alpha value is 0.0500. The minimum atomic E-state index is 0.345. The van der Waals surface area contributed by atoms with Crippen LogP contribution in [0.25, 0.3) is 0 Å². The number of halogens is 1. The first kappa shape index (κ1) is 12.1. The van der Waals surface area contributed by atoms with E-state index in [1.54, 1.807) is 0 Å². The van der Waals surface area contributed by atoms with Crippen molar-refractivity contribution in [1.82, 2.24) is 0 Å². The highest BCUT2D eigenvalue weighted by molar-refractivity contribution is 9.10. The van der Waals surface area contributed by atoms with Crippen molar-refractivity contribution < 1.29 is 0 Å². The first-order valence-corrected chi connectivity index (χ1v) is 6.55. The van der Waals surface area contributed by atoms with E-state index in [1.165, 1.54) is 15.6 Å². The average Bonchev–Trinajstić information content (AvgIpc) is 2.06. The van der Waals surface area contributed by atoms with Gasteiger partial charge < -0.3 is 0 Å². The van der Waals surface area contributed by atoms with E-state index < -0.39 is 0 Å². The molecular weight excluding hydrogens is 256 g/mol. The Bertz CT molecular complexity index is 313. The second kappa shape index (κ2) is 4.71. The minimum Gasteiger partial charge on any atom is -0.151 e. The highest BCUT2D eigenvalue weighted by Gasteiger charge is 2.10. The molecule has 0 unspecified atom stereocenters. The van der Waals surface area contributed by atoms with Crippen molar-refractivity contribution in [3.8, 4) is 0 Å². The molecule has 0 saturated heterocycles. The van der Waals surface area contributed by atoms with Crippen molar-refractivity contribution in [3.05, 3.63) is 33.8 Å². The van der Waals surface area contributed by atoms with Crippen molar-refractivity contribution in [2.45, 2.75) is 38.2 Å². The maximum absolute atomic E-state index is 3.56. The Kier molecular flexibility index (Phi) is 4.08. The maximum atomic E-state index is 3.56. The molecule has 0 aliphatic carbocycles. The number of rotatable bonds is 2. The fourth-order valence-corrected chi connectivity index (χ4v) is 2.23. The van der Waals surface area contributed by atoms with E-state index in [0.29, 0.717) is 4.75 Å². The van der Waals surface area contributed by atoms with E-state index in [4.69, 9.17) is 0 Å². The van der Waals surface area contributed by atoms with Crippen LogP contribution in [-0.4, -0.2) is 4.75 Å². The quantitative estimate of drug-likeness (QED) is 0.746. The molecule has 0 nitrogen and oxygen atoms in total. The fourth-order valence-electron chi connectivity index (χ4n) is 1.03. The average molecular weight is 273 g/mol. The van der Waals surface area contributed by atoms with E-state index in [2.05, 4.69) is 61.8 Å². The number of hydrogen-bond donors (Lipinski definition) is 0. The van der Waals surface area contributed by atoms with Crippen LogP contribution in [0.2, 0.25) is 0 Å². The van der Waals surface area contributed by atoms with E-state index >= 15 is 0 Å². The summed E-state index contributed by atoms with van der Waals surface area (Å²) in [6, 6.07) is 6.59.